The number of amides is 2. The van der Waals surface area contributed by atoms with E-state index in [-0.39, 0.29) is 23.5 Å². The number of nitro groups is 1. The molecule has 0 atom stereocenters. The van der Waals surface area contributed by atoms with Crippen molar-refractivity contribution >= 4 is 29.3 Å². The van der Waals surface area contributed by atoms with Crippen LogP contribution >= 0.6 is 0 Å². The highest BCUT2D eigenvalue weighted by atomic mass is 16.6. The first-order chi connectivity index (χ1) is 13.3. The van der Waals surface area contributed by atoms with E-state index in [9.17, 15) is 24.8 Å². The lowest BCUT2D eigenvalue weighted by molar-refractivity contribution is -0.398. The predicted octanol–water partition coefficient (Wildman–Crippen LogP) is 1.84. The van der Waals surface area contributed by atoms with Crippen molar-refractivity contribution in [1.82, 2.24) is 5.43 Å². The number of carbonyl (C=O) groups is 2. The molecular weight excluding hydrogens is 366 g/mol. The minimum Gasteiger partial charge on any atom is -0.865 e. The summed E-state index contributed by atoms with van der Waals surface area (Å²) in [5.74, 6) is -2.34. The number of nitrogens with zero attached hydrogens (tertiary/aromatic N) is 2. The van der Waals surface area contributed by atoms with Gasteiger partial charge in [-0.2, -0.15) is 0 Å². The molecule has 2 amide bonds. The maximum atomic E-state index is 12.7. The number of benzene rings is 2. The molecule has 144 valence electrons. The molecule has 0 radical (unpaired) electrons. The molecular formula is C19H16N3O6-. The van der Waals surface area contributed by atoms with Gasteiger partial charge in [0.05, 0.1) is 17.2 Å². The fraction of sp³-hybridized carbons (Fsp3) is 0.158. The minimum atomic E-state index is -0.863. The lowest BCUT2D eigenvalue weighted by Crippen LogP contribution is -2.35. The molecule has 1 heterocycles. The molecule has 0 spiro atoms. The third kappa shape index (κ3) is 3.50. The molecule has 1 fully saturated rings. The Bertz CT molecular complexity index is 1010. The van der Waals surface area contributed by atoms with E-state index in [1.165, 1.54) is 12.1 Å². The Labute approximate surface area is 160 Å². The second-order valence-corrected chi connectivity index (χ2v) is 6.04. The van der Waals surface area contributed by atoms with Crippen molar-refractivity contribution in [1.29, 1.82) is 0 Å². The summed E-state index contributed by atoms with van der Waals surface area (Å²) in [6, 6.07) is 9.26. The van der Waals surface area contributed by atoms with Crippen molar-refractivity contribution in [3.8, 4) is 11.5 Å². The van der Waals surface area contributed by atoms with E-state index in [1.54, 1.807) is 25.1 Å². The Morgan fingerprint density at radius 2 is 2.00 bits per heavy atom. The molecule has 0 aliphatic carbocycles. The number of aryl methyl sites for hydroxylation is 1. The Morgan fingerprint density at radius 3 is 2.64 bits per heavy atom. The van der Waals surface area contributed by atoms with Crippen LogP contribution in [0.4, 0.5) is 11.4 Å². The summed E-state index contributed by atoms with van der Waals surface area (Å²) in [4.78, 5) is 35.3. The second-order valence-electron chi connectivity index (χ2n) is 6.04. The normalized spacial score (nSPS) is 15.1. The minimum absolute atomic E-state index is 0.132. The topological polar surface area (TPSA) is 125 Å². The van der Waals surface area contributed by atoms with Gasteiger partial charge >= 0.3 is 0 Å². The molecule has 1 aliphatic heterocycles. The monoisotopic (exact) mass is 382 g/mol. The van der Waals surface area contributed by atoms with Gasteiger partial charge in [-0.05, 0) is 49.2 Å². The molecule has 0 saturated carbocycles. The van der Waals surface area contributed by atoms with E-state index in [0.29, 0.717) is 5.69 Å². The molecule has 3 rings (SSSR count). The molecule has 0 unspecified atom stereocenters. The maximum absolute atomic E-state index is 12.7. The maximum Gasteiger partial charge on any atom is 0.282 e. The van der Waals surface area contributed by atoms with Gasteiger partial charge in [0, 0.05) is 11.8 Å². The van der Waals surface area contributed by atoms with Crippen LogP contribution in [-0.2, 0) is 9.59 Å². The van der Waals surface area contributed by atoms with Gasteiger partial charge in [-0.15, -0.1) is 0 Å². The summed E-state index contributed by atoms with van der Waals surface area (Å²) >= 11 is 0. The van der Waals surface area contributed by atoms with Gasteiger partial charge in [-0.1, -0.05) is 12.1 Å². The van der Waals surface area contributed by atoms with E-state index in [1.807, 2.05) is 13.0 Å². The molecule has 2 aromatic rings. The van der Waals surface area contributed by atoms with E-state index in [2.05, 4.69) is 5.43 Å². The van der Waals surface area contributed by atoms with Crippen LogP contribution in [0.25, 0.3) is 6.08 Å². The summed E-state index contributed by atoms with van der Waals surface area (Å²) in [5, 5.41) is 24.3. The zero-order chi connectivity index (χ0) is 20.4. The molecule has 0 aromatic heterocycles. The first kappa shape index (κ1) is 18.9. The van der Waals surface area contributed by atoms with Crippen LogP contribution in [0, 0.1) is 17.0 Å². The van der Waals surface area contributed by atoms with Crippen LogP contribution in [0.15, 0.2) is 42.0 Å². The molecule has 1 saturated heterocycles. The van der Waals surface area contributed by atoms with Crippen molar-refractivity contribution in [2.45, 2.75) is 13.8 Å². The summed E-state index contributed by atoms with van der Waals surface area (Å²) in [7, 11) is 0. The van der Waals surface area contributed by atoms with Gasteiger partial charge in [-0.3, -0.25) is 25.1 Å². The summed E-state index contributed by atoms with van der Waals surface area (Å²) in [5.41, 5.74) is 3.07. The van der Waals surface area contributed by atoms with Gasteiger partial charge in [-0.25, -0.2) is 5.01 Å². The Hall–Kier alpha value is -3.88. The van der Waals surface area contributed by atoms with E-state index >= 15 is 0 Å². The molecule has 0 bridgehead atoms. The SMILES string of the molecule is CCOc1cc(/C=C2\C(=O)NN(c3cccc(C)c3)C2=O)cc([N+](=O)[O-])c1[O-]. The fourth-order valence-electron chi connectivity index (χ4n) is 2.76. The third-order valence-corrected chi connectivity index (χ3v) is 4.02. The van der Waals surface area contributed by atoms with Crippen LogP contribution in [0.5, 0.6) is 11.5 Å². The number of carbonyl (C=O) groups excluding carboxylic acids is 2. The van der Waals surface area contributed by atoms with Crippen molar-refractivity contribution in [3.63, 3.8) is 0 Å². The number of nitro benzene ring substituents is 1. The van der Waals surface area contributed by atoms with E-state index in [4.69, 9.17) is 4.74 Å². The number of ether oxygens (including phenoxy) is 1. The van der Waals surface area contributed by atoms with Crippen molar-refractivity contribution in [2.24, 2.45) is 0 Å². The lowest BCUT2D eigenvalue weighted by Gasteiger charge is -2.15. The average molecular weight is 382 g/mol. The molecule has 2 aromatic carbocycles. The van der Waals surface area contributed by atoms with Gasteiger partial charge in [0.15, 0.2) is 0 Å². The quantitative estimate of drug-likeness (QED) is 0.364. The number of rotatable bonds is 5. The van der Waals surface area contributed by atoms with Crippen LogP contribution in [0.2, 0.25) is 0 Å². The van der Waals surface area contributed by atoms with Gasteiger partial charge in [0.1, 0.15) is 11.3 Å². The Balaban J connectivity index is 2.02. The van der Waals surface area contributed by atoms with Gasteiger partial charge < -0.3 is 9.84 Å². The highest BCUT2D eigenvalue weighted by molar-refractivity contribution is 6.31. The Kier molecular flexibility index (Phi) is 4.99. The smallest absolute Gasteiger partial charge is 0.282 e. The van der Waals surface area contributed by atoms with E-state index < -0.39 is 28.2 Å². The van der Waals surface area contributed by atoms with Crippen LogP contribution in [0.3, 0.4) is 0 Å². The van der Waals surface area contributed by atoms with Crippen LogP contribution < -0.4 is 20.3 Å². The summed E-state index contributed by atoms with van der Waals surface area (Å²) in [6.07, 6.45) is 1.20. The zero-order valence-electron chi connectivity index (χ0n) is 15.1. The predicted molar refractivity (Wildman–Crippen MR) is 98.5 cm³/mol. The van der Waals surface area contributed by atoms with Crippen molar-refractivity contribution in [3.05, 3.63) is 63.2 Å². The lowest BCUT2D eigenvalue weighted by atomic mass is 10.1. The largest absolute Gasteiger partial charge is 0.865 e. The number of anilines is 1. The first-order valence-corrected chi connectivity index (χ1v) is 8.38. The van der Waals surface area contributed by atoms with Gasteiger partial charge in [0.2, 0.25) is 0 Å². The zero-order valence-corrected chi connectivity index (χ0v) is 15.1. The standard InChI is InChI=1S/C19H17N3O6/c1-3-28-16-10-12(9-15(17(16)23)22(26)27)8-14-18(24)20-21(19(14)25)13-6-4-5-11(2)7-13/h4-10,23H,3H2,1-2H3,(H,20,24)/p-1/b14-8+. The number of nitrogens with one attached hydrogen (secondary N) is 1. The molecule has 9 heteroatoms. The molecule has 1 aliphatic rings. The Morgan fingerprint density at radius 1 is 1.25 bits per heavy atom. The molecule has 28 heavy (non-hydrogen) atoms. The van der Waals surface area contributed by atoms with E-state index in [0.717, 1.165) is 16.6 Å². The number of hydrogen-bond acceptors (Lipinski definition) is 6. The summed E-state index contributed by atoms with van der Waals surface area (Å²) < 4.78 is 5.15. The van der Waals surface area contributed by atoms with Gasteiger partial charge in [0.25, 0.3) is 17.5 Å². The van der Waals surface area contributed by atoms with Crippen molar-refractivity contribution in [2.75, 3.05) is 11.6 Å². The number of hydrogen-bond donors (Lipinski definition) is 1. The second kappa shape index (κ2) is 7.39. The molecule has 9 nitrogen and oxygen atoms in total. The average Bonchev–Trinajstić information content (AvgIpc) is 2.92. The van der Waals surface area contributed by atoms with Crippen molar-refractivity contribution < 1.29 is 24.4 Å². The highest BCUT2D eigenvalue weighted by Crippen LogP contribution is 2.36. The van der Waals surface area contributed by atoms with Crippen LogP contribution in [-0.4, -0.2) is 23.3 Å². The molecule has 1 N–H and O–H groups in total. The first-order valence-electron chi connectivity index (χ1n) is 8.38. The third-order valence-electron chi connectivity index (χ3n) is 4.02. The number of hydrazine groups is 1. The highest BCUT2D eigenvalue weighted by Gasteiger charge is 2.34. The summed E-state index contributed by atoms with van der Waals surface area (Å²) in [6.45, 7) is 3.61. The van der Waals surface area contributed by atoms with Crippen LogP contribution in [0.1, 0.15) is 18.1 Å². The fourth-order valence-corrected chi connectivity index (χ4v) is 2.76.